The van der Waals surface area contributed by atoms with Gasteiger partial charge in [-0.05, 0) is 55.6 Å². The summed E-state index contributed by atoms with van der Waals surface area (Å²) in [5.41, 5.74) is 12.4. The second-order valence-corrected chi connectivity index (χ2v) is 8.59. The van der Waals surface area contributed by atoms with Gasteiger partial charge in [0.25, 0.3) is 5.91 Å². The van der Waals surface area contributed by atoms with E-state index in [-0.39, 0.29) is 11.8 Å². The van der Waals surface area contributed by atoms with Crippen LogP contribution in [0, 0.1) is 12.3 Å². The molecule has 5 rings (SSSR count). The highest BCUT2D eigenvalue weighted by molar-refractivity contribution is 5.90. The number of rotatable bonds is 1. The van der Waals surface area contributed by atoms with Gasteiger partial charge in [0.2, 0.25) is 0 Å². The first-order valence-corrected chi connectivity index (χ1v) is 9.74. The second-order valence-electron chi connectivity index (χ2n) is 8.59. The Morgan fingerprint density at radius 2 is 2.19 bits per heavy atom. The number of hydrogen-bond donors (Lipinski definition) is 2. The van der Waals surface area contributed by atoms with Gasteiger partial charge in [-0.15, -0.1) is 0 Å². The van der Waals surface area contributed by atoms with Gasteiger partial charge in [0.15, 0.2) is 0 Å². The van der Waals surface area contributed by atoms with Crippen LogP contribution in [0.15, 0.2) is 18.2 Å². The zero-order chi connectivity index (χ0) is 18.1. The van der Waals surface area contributed by atoms with Gasteiger partial charge in [0, 0.05) is 23.7 Å². The van der Waals surface area contributed by atoms with E-state index in [1.807, 2.05) is 6.07 Å². The molecule has 2 aliphatic carbocycles. The fraction of sp³-hybridized carbons (Fsp3) is 0.524. The average Bonchev–Trinajstić information content (AvgIpc) is 3.29. The molecule has 0 bridgehead atoms. The van der Waals surface area contributed by atoms with Crippen molar-refractivity contribution in [1.29, 1.82) is 0 Å². The molecule has 0 amide bonds. The highest BCUT2D eigenvalue weighted by atomic mass is 16.2. The molecule has 136 valence electrons. The van der Waals surface area contributed by atoms with Crippen LogP contribution < -0.4 is 11.1 Å². The number of fused-ring (bicyclic) bond motifs is 2. The maximum Gasteiger partial charge on any atom is 0.256 e. The summed E-state index contributed by atoms with van der Waals surface area (Å²) in [4.78, 5) is 13.4. The summed E-state index contributed by atoms with van der Waals surface area (Å²) in [6, 6.07) is 6.16. The number of carbonyl (C=O) groups is 1. The smallest absolute Gasteiger partial charge is 0.256 e. The molecular formula is C21H26N4O. The van der Waals surface area contributed by atoms with Crippen molar-refractivity contribution < 1.29 is 4.79 Å². The van der Waals surface area contributed by atoms with Gasteiger partial charge in [-0.25, -0.2) is 0 Å². The number of nitrogens with two attached hydrogens (primary N) is 1. The quantitative estimate of drug-likeness (QED) is 0.819. The van der Waals surface area contributed by atoms with Crippen molar-refractivity contribution in [2.75, 3.05) is 17.6 Å². The monoisotopic (exact) mass is 350 g/mol. The summed E-state index contributed by atoms with van der Waals surface area (Å²) in [5, 5.41) is 8.16. The number of benzene rings is 1. The largest absolute Gasteiger partial charge is 0.385 e. The Morgan fingerprint density at radius 1 is 1.38 bits per heavy atom. The molecule has 1 aliphatic heterocycles. The third-order valence-corrected chi connectivity index (χ3v) is 6.69. The zero-order valence-corrected chi connectivity index (χ0v) is 15.5. The molecule has 1 saturated carbocycles. The predicted octanol–water partition coefficient (Wildman–Crippen LogP) is 3.84. The minimum atomic E-state index is -0.181. The molecule has 5 heteroatoms. The summed E-state index contributed by atoms with van der Waals surface area (Å²) < 4.78 is 1.52. The number of nitrogens with one attached hydrogen (secondary N) is 1. The molecule has 0 saturated heterocycles. The Kier molecular flexibility index (Phi) is 3.27. The van der Waals surface area contributed by atoms with E-state index in [0.29, 0.717) is 17.2 Å². The minimum Gasteiger partial charge on any atom is -0.385 e. The van der Waals surface area contributed by atoms with Crippen molar-refractivity contribution in [2.24, 2.45) is 5.41 Å². The normalized spacial score (nSPS) is 25.3. The summed E-state index contributed by atoms with van der Waals surface area (Å²) in [7, 11) is 0. The van der Waals surface area contributed by atoms with Gasteiger partial charge < -0.3 is 11.1 Å². The standard InChI is InChI=1S/C21H26N4O/c1-12-4-3-5-14-15(6-9-23-17(12)14)20(26)25-19(22)16-11-21(7-8-21)10-13(2)18(16)24-25/h3-5,13,15,23H,6-11,22H2,1-2H3/t13-,15?/m0/s1. The molecule has 3 aliphatic rings. The zero-order valence-electron chi connectivity index (χ0n) is 15.5. The first-order valence-electron chi connectivity index (χ1n) is 9.74. The molecule has 1 fully saturated rings. The van der Waals surface area contributed by atoms with E-state index < -0.39 is 0 Å². The SMILES string of the molecule is Cc1cccc2c1NCCC2C(=O)n1nc2c(c1N)CC1(CC1)C[C@@H]2C. The number of nitrogen functional groups attached to an aromatic ring is 1. The number of anilines is 2. The van der Waals surface area contributed by atoms with E-state index >= 15 is 0 Å². The fourth-order valence-electron chi connectivity index (χ4n) is 5.10. The number of carbonyl (C=O) groups excluding carboxylic acids is 1. The van der Waals surface area contributed by atoms with Gasteiger partial charge in [0.1, 0.15) is 5.82 Å². The third-order valence-electron chi connectivity index (χ3n) is 6.69. The van der Waals surface area contributed by atoms with Crippen LogP contribution in [0.2, 0.25) is 0 Å². The Labute approximate surface area is 154 Å². The molecule has 0 radical (unpaired) electrons. The number of aromatic nitrogens is 2. The van der Waals surface area contributed by atoms with Crippen LogP contribution in [-0.2, 0) is 6.42 Å². The van der Waals surface area contributed by atoms with E-state index in [0.717, 1.165) is 41.9 Å². The van der Waals surface area contributed by atoms with Gasteiger partial charge in [-0.3, -0.25) is 4.79 Å². The molecule has 26 heavy (non-hydrogen) atoms. The Bertz CT molecular complexity index is 909. The number of aryl methyl sites for hydroxylation is 1. The van der Waals surface area contributed by atoms with Gasteiger partial charge in [-0.2, -0.15) is 9.78 Å². The molecule has 1 spiro atoms. The van der Waals surface area contributed by atoms with E-state index in [9.17, 15) is 4.79 Å². The maximum absolute atomic E-state index is 13.4. The minimum absolute atomic E-state index is 0.0160. The predicted molar refractivity (Wildman–Crippen MR) is 103 cm³/mol. The first kappa shape index (κ1) is 15.9. The summed E-state index contributed by atoms with van der Waals surface area (Å²) in [5.74, 6) is 0.804. The lowest BCUT2D eigenvalue weighted by atomic mass is 9.79. The van der Waals surface area contributed by atoms with Crippen LogP contribution in [-0.4, -0.2) is 22.2 Å². The Morgan fingerprint density at radius 3 is 2.96 bits per heavy atom. The van der Waals surface area contributed by atoms with Crippen LogP contribution >= 0.6 is 0 Å². The molecule has 1 unspecified atom stereocenters. The van der Waals surface area contributed by atoms with E-state index in [1.54, 1.807) is 0 Å². The van der Waals surface area contributed by atoms with Crippen molar-refractivity contribution in [3.8, 4) is 0 Å². The molecular weight excluding hydrogens is 324 g/mol. The first-order chi connectivity index (χ1) is 12.5. The molecule has 5 nitrogen and oxygen atoms in total. The van der Waals surface area contributed by atoms with Gasteiger partial charge in [0.05, 0.1) is 11.6 Å². The number of nitrogens with zero attached hydrogens (tertiary/aromatic N) is 2. The van der Waals surface area contributed by atoms with Crippen molar-refractivity contribution in [3.05, 3.63) is 40.6 Å². The van der Waals surface area contributed by atoms with Gasteiger partial charge in [-0.1, -0.05) is 25.1 Å². The van der Waals surface area contributed by atoms with Gasteiger partial charge >= 0.3 is 0 Å². The van der Waals surface area contributed by atoms with Crippen molar-refractivity contribution in [1.82, 2.24) is 9.78 Å². The second kappa shape index (κ2) is 5.35. The summed E-state index contributed by atoms with van der Waals surface area (Å²) >= 11 is 0. The molecule has 1 aromatic carbocycles. The van der Waals surface area contributed by atoms with Crippen LogP contribution in [0.5, 0.6) is 0 Å². The lowest BCUT2D eigenvalue weighted by molar-refractivity contribution is 0.0859. The third kappa shape index (κ3) is 2.22. The highest BCUT2D eigenvalue weighted by Gasteiger charge is 2.49. The van der Waals surface area contributed by atoms with Crippen LogP contribution in [0.1, 0.15) is 71.6 Å². The van der Waals surface area contributed by atoms with Crippen LogP contribution in [0.4, 0.5) is 11.5 Å². The molecule has 2 atom stereocenters. The molecule has 2 aromatic rings. The van der Waals surface area contributed by atoms with E-state index in [4.69, 9.17) is 10.8 Å². The lowest BCUT2D eigenvalue weighted by Crippen LogP contribution is -2.28. The lowest BCUT2D eigenvalue weighted by Gasteiger charge is -2.27. The van der Waals surface area contributed by atoms with E-state index in [2.05, 4.69) is 31.3 Å². The van der Waals surface area contributed by atoms with E-state index in [1.165, 1.54) is 29.5 Å². The molecule has 1 aromatic heterocycles. The molecule has 3 N–H and O–H groups in total. The maximum atomic E-state index is 13.4. The van der Waals surface area contributed by atoms with Crippen molar-refractivity contribution >= 4 is 17.4 Å². The summed E-state index contributed by atoms with van der Waals surface area (Å²) in [6.07, 6.45) is 5.53. The van der Waals surface area contributed by atoms with Crippen molar-refractivity contribution in [3.63, 3.8) is 0 Å². The Balaban J connectivity index is 1.54. The fourth-order valence-corrected chi connectivity index (χ4v) is 5.10. The van der Waals surface area contributed by atoms with Crippen LogP contribution in [0.3, 0.4) is 0 Å². The Hall–Kier alpha value is -2.30. The van der Waals surface area contributed by atoms with Crippen LogP contribution in [0.25, 0.3) is 0 Å². The topological polar surface area (TPSA) is 72.9 Å². The average molecular weight is 350 g/mol. The summed E-state index contributed by atoms with van der Waals surface area (Å²) in [6.45, 7) is 5.10. The molecule has 2 heterocycles. The van der Waals surface area contributed by atoms with Crippen molar-refractivity contribution in [2.45, 2.75) is 57.8 Å². The number of hydrogen-bond acceptors (Lipinski definition) is 4. The number of para-hydroxylation sites is 1. The highest BCUT2D eigenvalue weighted by Crippen LogP contribution is 2.58.